The van der Waals surface area contributed by atoms with Gasteiger partial charge in [0.2, 0.25) is 0 Å². The largest absolute Gasteiger partial charge is 0.449 e. The molecule has 1 aromatic rings. The summed E-state index contributed by atoms with van der Waals surface area (Å²) in [6.45, 7) is 0. The molecule has 72 valence electrons. The SMILES string of the molecule is CNC1CCC(c2ncco2)CC1. The third-order valence-corrected chi connectivity index (χ3v) is 2.94. The van der Waals surface area contributed by atoms with Crippen molar-refractivity contribution in [2.45, 2.75) is 37.6 Å². The summed E-state index contributed by atoms with van der Waals surface area (Å²) < 4.78 is 5.31. The molecular formula is C10H16N2O. The summed E-state index contributed by atoms with van der Waals surface area (Å²) in [5.74, 6) is 1.48. The van der Waals surface area contributed by atoms with Gasteiger partial charge in [-0.15, -0.1) is 0 Å². The van der Waals surface area contributed by atoms with Crippen LogP contribution in [0.25, 0.3) is 0 Å². The van der Waals surface area contributed by atoms with Crippen LogP contribution in [0.3, 0.4) is 0 Å². The van der Waals surface area contributed by atoms with Gasteiger partial charge in [0, 0.05) is 12.0 Å². The number of oxazole rings is 1. The summed E-state index contributed by atoms with van der Waals surface area (Å²) in [6.07, 6.45) is 8.28. The van der Waals surface area contributed by atoms with Gasteiger partial charge in [-0.05, 0) is 32.7 Å². The van der Waals surface area contributed by atoms with Gasteiger partial charge in [0.25, 0.3) is 0 Å². The normalized spacial score (nSPS) is 29.0. The lowest BCUT2D eigenvalue weighted by atomic mass is 9.86. The molecule has 0 aliphatic heterocycles. The first-order chi connectivity index (χ1) is 6.40. The average Bonchev–Trinajstić information content (AvgIpc) is 2.71. The fourth-order valence-corrected chi connectivity index (χ4v) is 2.07. The minimum Gasteiger partial charge on any atom is -0.449 e. The standard InChI is InChI=1S/C10H16N2O/c1-11-9-4-2-8(3-5-9)10-12-6-7-13-10/h6-9,11H,2-5H2,1H3. The van der Waals surface area contributed by atoms with Crippen molar-refractivity contribution in [3.63, 3.8) is 0 Å². The van der Waals surface area contributed by atoms with Crippen LogP contribution in [0.1, 0.15) is 37.5 Å². The van der Waals surface area contributed by atoms with E-state index in [1.807, 2.05) is 7.05 Å². The Morgan fingerprint density at radius 3 is 2.69 bits per heavy atom. The minimum absolute atomic E-state index is 0.555. The fourth-order valence-electron chi connectivity index (χ4n) is 2.07. The number of hydrogen-bond acceptors (Lipinski definition) is 3. The van der Waals surface area contributed by atoms with E-state index in [-0.39, 0.29) is 0 Å². The van der Waals surface area contributed by atoms with Crippen LogP contribution in [0, 0.1) is 0 Å². The highest BCUT2D eigenvalue weighted by Gasteiger charge is 2.23. The molecule has 0 unspecified atom stereocenters. The number of rotatable bonds is 2. The van der Waals surface area contributed by atoms with Crippen LogP contribution in [-0.4, -0.2) is 18.1 Å². The third-order valence-electron chi connectivity index (χ3n) is 2.94. The second-order valence-corrected chi connectivity index (χ2v) is 3.71. The predicted molar refractivity (Wildman–Crippen MR) is 50.6 cm³/mol. The van der Waals surface area contributed by atoms with Crippen LogP contribution in [0.5, 0.6) is 0 Å². The number of aromatic nitrogens is 1. The molecule has 13 heavy (non-hydrogen) atoms. The summed E-state index contributed by atoms with van der Waals surface area (Å²) in [6, 6.07) is 0.700. The Balaban J connectivity index is 1.92. The highest BCUT2D eigenvalue weighted by atomic mass is 16.3. The Morgan fingerprint density at radius 2 is 2.15 bits per heavy atom. The lowest BCUT2D eigenvalue weighted by molar-refractivity contribution is 0.317. The second kappa shape index (κ2) is 3.92. The molecule has 0 saturated heterocycles. The molecule has 3 nitrogen and oxygen atoms in total. The Labute approximate surface area is 78.5 Å². The number of nitrogens with one attached hydrogen (secondary N) is 1. The Kier molecular flexibility index (Phi) is 2.64. The lowest BCUT2D eigenvalue weighted by Crippen LogP contribution is -2.29. The van der Waals surface area contributed by atoms with Crippen molar-refractivity contribution in [3.05, 3.63) is 18.4 Å². The first-order valence-electron chi connectivity index (χ1n) is 4.97. The third kappa shape index (κ3) is 1.91. The lowest BCUT2D eigenvalue weighted by Gasteiger charge is -2.26. The number of nitrogens with zero attached hydrogens (tertiary/aromatic N) is 1. The van der Waals surface area contributed by atoms with Gasteiger partial charge >= 0.3 is 0 Å². The Morgan fingerprint density at radius 1 is 1.38 bits per heavy atom. The van der Waals surface area contributed by atoms with Gasteiger partial charge in [0.15, 0.2) is 5.89 Å². The molecular weight excluding hydrogens is 164 g/mol. The summed E-state index contributed by atoms with van der Waals surface area (Å²) >= 11 is 0. The molecule has 1 aliphatic rings. The molecule has 1 N–H and O–H groups in total. The van der Waals surface area contributed by atoms with E-state index in [0.29, 0.717) is 12.0 Å². The molecule has 0 bridgehead atoms. The quantitative estimate of drug-likeness (QED) is 0.755. The van der Waals surface area contributed by atoms with E-state index in [0.717, 1.165) is 5.89 Å². The van der Waals surface area contributed by atoms with Crippen molar-refractivity contribution in [2.24, 2.45) is 0 Å². The van der Waals surface area contributed by atoms with Crippen molar-refractivity contribution in [3.8, 4) is 0 Å². The molecule has 2 rings (SSSR count). The van der Waals surface area contributed by atoms with E-state index in [4.69, 9.17) is 4.42 Å². The maximum absolute atomic E-state index is 5.31. The molecule has 1 aromatic heterocycles. The van der Waals surface area contributed by atoms with Gasteiger partial charge in [-0.1, -0.05) is 0 Å². The number of hydrogen-bond donors (Lipinski definition) is 1. The van der Waals surface area contributed by atoms with E-state index in [2.05, 4.69) is 10.3 Å². The van der Waals surface area contributed by atoms with E-state index < -0.39 is 0 Å². The highest BCUT2D eigenvalue weighted by molar-refractivity contribution is 4.95. The van der Waals surface area contributed by atoms with Crippen molar-refractivity contribution in [1.29, 1.82) is 0 Å². The van der Waals surface area contributed by atoms with Crippen LogP contribution in [0.4, 0.5) is 0 Å². The van der Waals surface area contributed by atoms with Crippen LogP contribution in [-0.2, 0) is 0 Å². The van der Waals surface area contributed by atoms with Crippen molar-refractivity contribution in [2.75, 3.05) is 7.05 Å². The molecule has 1 aliphatic carbocycles. The zero-order chi connectivity index (χ0) is 9.10. The van der Waals surface area contributed by atoms with Gasteiger partial charge in [-0.25, -0.2) is 4.98 Å². The monoisotopic (exact) mass is 180 g/mol. The van der Waals surface area contributed by atoms with Gasteiger partial charge in [0.05, 0.1) is 6.20 Å². The zero-order valence-corrected chi connectivity index (χ0v) is 7.99. The fraction of sp³-hybridized carbons (Fsp3) is 0.700. The van der Waals surface area contributed by atoms with E-state index >= 15 is 0 Å². The summed E-state index contributed by atoms with van der Waals surface area (Å²) in [7, 11) is 2.04. The average molecular weight is 180 g/mol. The first-order valence-corrected chi connectivity index (χ1v) is 4.97. The molecule has 0 aromatic carbocycles. The maximum Gasteiger partial charge on any atom is 0.197 e. The first kappa shape index (κ1) is 8.75. The molecule has 1 fully saturated rings. The van der Waals surface area contributed by atoms with Gasteiger partial charge < -0.3 is 9.73 Å². The van der Waals surface area contributed by atoms with Crippen molar-refractivity contribution >= 4 is 0 Å². The van der Waals surface area contributed by atoms with Gasteiger partial charge in [-0.2, -0.15) is 0 Å². The van der Waals surface area contributed by atoms with Crippen LogP contribution in [0.15, 0.2) is 16.9 Å². The van der Waals surface area contributed by atoms with Crippen LogP contribution >= 0.6 is 0 Å². The molecule has 1 saturated carbocycles. The smallest absolute Gasteiger partial charge is 0.197 e. The van der Waals surface area contributed by atoms with Gasteiger partial charge in [0.1, 0.15) is 6.26 Å². The maximum atomic E-state index is 5.31. The minimum atomic E-state index is 0.555. The zero-order valence-electron chi connectivity index (χ0n) is 7.99. The molecule has 0 radical (unpaired) electrons. The van der Waals surface area contributed by atoms with Crippen LogP contribution < -0.4 is 5.32 Å². The molecule has 0 amide bonds. The van der Waals surface area contributed by atoms with E-state index in [1.165, 1.54) is 25.7 Å². The van der Waals surface area contributed by atoms with E-state index in [9.17, 15) is 0 Å². The van der Waals surface area contributed by atoms with Gasteiger partial charge in [-0.3, -0.25) is 0 Å². The Hall–Kier alpha value is -0.830. The second-order valence-electron chi connectivity index (χ2n) is 3.71. The predicted octanol–water partition coefficient (Wildman–Crippen LogP) is 1.92. The van der Waals surface area contributed by atoms with Crippen LogP contribution in [0.2, 0.25) is 0 Å². The summed E-state index contributed by atoms with van der Waals surface area (Å²) in [5.41, 5.74) is 0. The molecule has 0 atom stereocenters. The topological polar surface area (TPSA) is 38.1 Å². The van der Waals surface area contributed by atoms with Crippen molar-refractivity contribution < 1.29 is 4.42 Å². The summed E-state index contributed by atoms with van der Waals surface area (Å²) in [5, 5.41) is 3.32. The highest BCUT2D eigenvalue weighted by Crippen LogP contribution is 2.31. The summed E-state index contributed by atoms with van der Waals surface area (Å²) in [4.78, 5) is 4.20. The van der Waals surface area contributed by atoms with E-state index in [1.54, 1.807) is 12.5 Å². The molecule has 3 heteroatoms. The van der Waals surface area contributed by atoms with Crippen molar-refractivity contribution in [1.82, 2.24) is 10.3 Å². The Bertz CT molecular complexity index is 237. The molecule has 1 heterocycles. The molecule has 0 spiro atoms.